The Kier molecular flexibility index (Phi) is 6.18. The van der Waals surface area contributed by atoms with Crippen LogP contribution in [0.3, 0.4) is 0 Å². The number of fused-ring (bicyclic) bond motifs is 1. The van der Waals surface area contributed by atoms with E-state index in [2.05, 4.69) is 42.0 Å². The number of unbranched alkanes of at least 4 members (excludes halogenated alkanes) is 2. The van der Waals surface area contributed by atoms with Crippen LogP contribution < -0.4 is 0 Å². The van der Waals surface area contributed by atoms with Crippen LogP contribution in [0.25, 0.3) is 10.9 Å². The van der Waals surface area contributed by atoms with Crippen LogP contribution >= 0.6 is 0 Å². The van der Waals surface area contributed by atoms with Gasteiger partial charge in [-0.25, -0.2) is 0 Å². The number of carbonyl (C=O) groups excluding carboxylic acids is 1. The summed E-state index contributed by atoms with van der Waals surface area (Å²) < 4.78 is 2.45. The van der Waals surface area contributed by atoms with Crippen LogP contribution in [0.5, 0.6) is 0 Å². The lowest BCUT2D eigenvalue weighted by molar-refractivity contribution is -0.128. The summed E-state index contributed by atoms with van der Waals surface area (Å²) in [6.07, 6.45) is 10.2. The van der Waals surface area contributed by atoms with Crippen molar-refractivity contribution >= 4 is 16.8 Å². The Morgan fingerprint density at radius 2 is 1.92 bits per heavy atom. The largest absolute Gasteiger partial charge is 0.347 e. The molecule has 1 amide bonds. The second-order valence-electron chi connectivity index (χ2n) is 7.54. The zero-order valence-electron chi connectivity index (χ0n) is 16.5. The summed E-state index contributed by atoms with van der Waals surface area (Å²) in [5, 5.41) is 1.40. The minimum atomic E-state index is 0.202. The molecule has 1 aromatic carbocycles. The quantitative estimate of drug-likeness (QED) is 0.497. The number of benzene rings is 1. The van der Waals surface area contributed by atoms with Crippen molar-refractivity contribution in [2.24, 2.45) is 0 Å². The molecule has 1 fully saturated rings. The molecule has 1 aromatic heterocycles. The molecule has 26 heavy (non-hydrogen) atoms. The van der Waals surface area contributed by atoms with Gasteiger partial charge in [0.2, 0.25) is 5.91 Å². The maximum atomic E-state index is 12.4. The second kappa shape index (κ2) is 8.57. The highest BCUT2D eigenvalue weighted by molar-refractivity contribution is 5.92. The molecule has 0 unspecified atom stereocenters. The average Bonchev–Trinajstić information content (AvgIpc) is 3.06. The van der Waals surface area contributed by atoms with E-state index in [0.717, 1.165) is 38.0 Å². The van der Waals surface area contributed by atoms with E-state index >= 15 is 0 Å². The maximum Gasteiger partial charge on any atom is 0.249 e. The molecule has 0 radical (unpaired) electrons. The molecule has 0 atom stereocenters. The number of allylic oxidation sites excluding steroid dienone is 1. The summed E-state index contributed by atoms with van der Waals surface area (Å²) in [6.45, 7) is 8.94. The number of aromatic nitrogens is 1. The van der Waals surface area contributed by atoms with E-state index in [4.69, 9.17) is 0 Å². The summed E-state index contributed by atoms with van der Waals surface area (Å²) >= 11 is 0. The van der Waals surface area contributed by atoms with Crippen molar-refractivity contribution < 1.29 is 4.79 Å². The molecule has 0 spiro atoms. The zero-order chi connectivity index (χ0) is 18.5. The van der Waals surface area contributed by atoms with Crippen LogP contribution in [0, 0.1) is 0 Å². The SMILES string of the molecule is C/C=C(\C)C(=O)N1CCC(c2cn(CCCCC)c3ccccc23)CC1. The van der Waals surface area contributed by atoms with Crippen LogP contribution in [0.4, 0.5) is 0 Å². The standard InChI is InChI=1S/C23H32N2O/c1-4-6-9-14-25-17-21(20-10-7-8-11-22(20)25)19-12-15-24(16-13-19)23(26)18(3)5-2/h5,7-8,10-11,17,19H,4,6,9,12-16H2,1-3H3/b18-5+. The van der Waals surface area contributed by atoms with Crippen LogP contribution in [0.2, 0.25) is 0 Å². The highest BCUT2D eigenvalue weighted by Crippen LogP contribution is 2.35. The Hall–Kier alpha value is -2.03. The van der Waals surface area contributed by atoms with Crippen molar-refractivity contribution in [2.45, 2.75) is 65.3 Å². The topological polar surface area (TPSA) is 25.2 Å². The second-order valence-corrected chi connectivity index (χ2v) is 7.54. The van der Waals surface area contributed by atoms with Gasteiger partial charge in [0.05, 0.1) is 0 Å². The minimum Gasteiger partial charge on any atom is -0.347 e. The fourth-order valence-corrected chi connectivity index (χ4v) is 4.08. The van der Waals surface area contributed by atoms with Gasteiger partial charge in [0, 0.05) is 42.3 Å². The number of hydrogen-bond donors (Lipinski definition) is 0. The molecule has 2 heterocycles. The Morgan fingerprint density at radius 3 is 2.62 bits per heavy atom. The van der Waals surface area contributed by atoms with E-state index in [1.54, 1.807) is 0 Å². The van der Waals surface area contributed by atoms with Crippen molar-refractivity contribution in [3.05, 3.63) is 47.7 Å². The predicted octanol–water partition coefficient (Wildman–Crippen LogP) is 5.50. The summed E-state index contributed by atoms with van der Waals surface area (Å²) in [5.41, 5.74) is 3.70. The molecule has 140 valence electrons. The van der Waals surface area contributed by atoms with Crippen LogP contribution in [0.15, 0.2) is 42.1 Å². The number of piperidine rings is 1. The monoisotopic (exact) mass is 352 g/mol. The molecule has 1 aliphatic rings. The molecule has 0 aliphatic carbocycles. The summed E-state index contributed by atoms with van der Waals surface area (Å²) in [6, 6.07) is 8.81. The van der Waals surface area contributed by atoms with Gasteiger partial charge in [0.25, 0.3) is 0 Å². The first-order valence-corrected chi connectivity index (χ1v) is 10.2. The van der Waals surface area contributed by atoms with Gasteiger partial charge >= 0.3 is 0 Å². The summed E-state index contributed by atoms with van der Waals surface area (Å²) in [4.78, 5) is 14.4. The molecular formula is C23H32N2O. The molecule has 0 bridgehead atoms. The van der Waals surface area contributed by atoms with Crippen molar-refractivity contribution in [1.29, 1.82) is 0 Å². The van der Waals surface area contributed by atoms with Gasteiger partial charge in [-0.05, 0) is 50.7 Å². The molecular weight excluding hydrogens is 320 g/mol. The Bertz CT molecular complexity index is 779. The van der Waals surface area contributed by atoms with Gasteiger partial charge in [0.1, 0.15) is 0 Å². The van der Waals surface area contributed by atoms with Gasteiger partial charge in [-0.15, -0.1) is 0 Å². The van der Waals surface area contributed by atoms with Gasteiger partial charge in [0.15, 0.2) is 0 Å². The zero-order valence-corrected chi connectivity index (χ0v) is 16.5. The number of aryl methyl sites for hydroxylation is 1. The normalized spacial score (nSPS) is 16.4. The fourth-order valence-electron chi connectivity index (χ4n) is 4.08. The van der Waals surface area contributed by atoms with Gasteiger partial charge in [-0.3, -0.25) is 4.79 Å². The molecule has 1 aliphatic heterocycles. The van der Waals surface area contributed by atoms with Crippen LogP contribution in [-0.4, -0.2) is 28.5 Å². The Morgan fingerprint density at radius 1 is 1.19 bits per heavy atom. The van der Waals surface area contributed by atoms with E-state index in [1.165, 1.54) is 35.7 Å². The van der Waals surface area contributed by atoms with Gasteiger partial charge in [-0.1, -0.05) is 44.0 Å². The highest BCUT2D eigenvalue weighted by Gasteiger charge is 2.26. The van der Waals surface area contributed by atoms with Crippen LogP contribution in [-0.2, 0) is 11.3 Å². The average molecular weight is 353 g/mol. The molecule has 3 heteroatoms. The predicted molar refractivity (Wildman–Crippen MR) is 109 cm³/mol. The molecule has 0 saturated carbocycles. The van der Waals surface area contributed by atoms with E-state index < -0.39 is 0 Å². The number of hydrogen-bond acceptors (Lipinski definition) is 1. The summed E-state index contributed by atoms with van der Waals surface area (Å²) in [5.74, 6) is 0.759. The Labute approximate surface area is 157 Å². The molecule has 3 nitrogen and oxygen atoms in total. The first kappa shape index (κ1) is 18.8. The third-order valence-electron chi connectivity index (χ3n) is 5.81. The molecule has 2 aromatic rings. The molecule has 3 rings (SSSR count). The summed E-state index contributed by atoms with van der Waals surface area (Å²) in [7, 11) is 0. The van der Waals surface area contributed by atoms with Crippen molar-refractivity contribution in [1.82, 2.24) is 9.47 Å². The lowest BCUT2D eigenvalue weighted by Crippen LogP contribution is -2.38. The first-order valence-electron chi connectivity index (χ1n) is 10.2. The number of carbonyl (C=O) groups is 1. The van der Waals surface area contributed by atoms with E-state index in [0.29, 0.717) is 5.92 Å². The Balaban J connectivity index is 1.76. The first-order chi connectivity index (χ1) is 12.7. The molecule has 0 N–H and O–H groups in total. The van der Waals surface area contributed by atoms with E-state index in [9.17, 15) is 4.79 Å². The van der Waals surface area contributed by atoms with E-state index in [-0.39, 0.29) is 5.91 Å². The van der Waals surface area contributed by atoms with Crippen molar-refractivity contribution in [3.8, 4) is 0 Å². The third-order valence-corrected chi connectivity index (χ3v) is 5.81. The van der Waals surface area contributed by atoms with Crippen molar-refractivity contribution in [3.63, 3.8) is 0 Å². The number of nitrogens with zero attached hydrogens (tertiary/aromatic N) is 2. The fraction of sp³-hybridized carbons (Fsp3) is 0.522. The van der Waals surface area contributed by atoms with Gasteiger partial charge in [-0.2, -0.15) is 0 Å². The highest BCUT2D eigenvalue weighted by atomic mass is 16.2. The third kappa shape index (κ3) is 3.87. The van der Waals surface area contributed by atoms with Crippen molar-refractivity contribution in [2.75, 3.05) is 13.1 Å². The number of amides is 1. The lowest BCUT2D eigenvalue weighted by Gasteiger charge is -2.32. The smallest absolute Gasteiger partial charge is 0.249 e. The maximum absolute atomic E-state index is 12.4. The number of rotatable bonds is 6. The van der Waals surface area contributed by atoms with Crippen LogP contribution in [0.1, 0.15) is 64.4 Å². The van der Waals surface area contributed by atoms with E-state index in [1.807, 2.05) is 24.8 Å². The number of likely N-dealkylation sites (tertiary alicyclic amines) is 1. The lowest BCUT2D eigenvalue weighted by atomic mass is 9.89. The number of para-hydroxylation sites is 1. The minimum absolute atomic E-state index is 0.202. The molecule has 1 saturated heterocycles. The van der Waals surface area contributed by atoms with Gasteiger partial charge < -0.3 is 9.47 Å².